The highest BCUT2D eigenvalue weighted by Crippen LogP contribution is 2.43. The maximum absolute atomic E-state index is 15.3. The van der Waals surface area contributed by atoms with Gasteiger partial charge in [-0.1, -0.05) is 146 Å². The molecule has 12 rings (SSSR count). The van der Waals surface area contributed by atoms with E-state index in [9.17, 15) is 9.65 Å². The molecule has 0 bridgehead atoms. The van der Waals surface area contributed by atoms with E-state index in [0.29, 0.717) is 22.5 Å². The van der Waals surface area contributed by atoms with E-state index < -0.39 is 17.5 Å². The number of benzene rings is 10. The zero-order valence-corrected chi connectivity index (χ0v) is 35.8. The Morgan fingerprint density at radius 1 is 0.299 bits per heavy atom. The van der Waals surface area contributed by atoms with E-state index >= 15 is 8.78 Å². The summed E-state index contributed by atoms with van der Waals surface area (Å²) in [5.41, 5.74) is 13.5. The van der Waals surface area contributed by atoms with E-state index in [0.717, 1.165) is 100 Å². The molecule has 2 aromatic heterocycles. The fourth-order valence-corrected chi connectivity index (χ4v) is 9.77. The zero-order valence-electron chi connectivity index (χ0n) is 35.8. The Hall–Kier alpha value is -8.92. The number of nitriles is 1. The average Bonchev–Trinajstić information content (AvgIpc) is 3.89. The largest absolute Gasteiger partial charge is 0.308 e. The number of halogens is 3. The van der Waals surface area contributed by atoms with Crippen molar-refractivity contribution < 1.29 is 13.2 Å². The molecule has 0 saturated carbocycles. The standard InChI is InChI=1S/C61H36F3N3/c62-53-33-46(34-54(63)61(53)64)47-35-59(66-55-25-21-42(38-13-5-1-6-14-38)29-48(55)49-30-43(22-26-56(49)66)39-15-7-2-8-16-39)52(37-65)60(36-47)67-57-27-23-44(40-17-9-3-10-18-40)31-50(57)51-32-45(24-28-58(51)67)41-19-11-4-12-20-41/h1-36H. The lowest BCUT2D eigenvalue weighted by molar-refractivity contribution is 0.447. The molecular formula is C61H36F3N3. The predicted molar refractivity (Wildman–Crippen MR) is 267 cm³/mol. The first-order valence-corrected chi connectivity index (χ1v) is 22.0. The summed E-state index contributed by atoms with van der Waals surface area (Å²) in [5, 5.41) is 15.4. The Balaban J connectivity index is 1.19. The minimum atomic E-state index is -1.55. The van der Waals surface area contributed by atoms with Gasteiger partial charge in [-0.05, 0) is 128 Å². The van der Waals surface area contributed by atoms with E-state index in [1.54, 1.807) is 12.1 Å². The third kappa shape index (κ3) is 6.67. The summed E-state index contributed by atoms with van der Waals surface area (Å²) in [6, 6.07) is 74.3. The Kier molecular flexibility index (Phi) is 9.44. The molecule has 0 amide bonds. The molecule has 0 radical (unpaired) electrons. The molecule has 0 spiro atoms. The average molecular weight is 868 g/mol. The van der Waals surface area contributed by atoms with Gasteiger partial charge in [-0.25, -0.2) is 13.2 Å². The minimum Gasteiger partial charge on any atom is -0.308 e. The highest BCUT2D eigenvalue weighted by molar-refractivity contribution is 6.14. The number of nitrogens with zero attached hydrogens (tertiary/aromatic N) is 3. The third-order valence-corrected chi connectivity index (χ3v) is 13.0. The number of rotatable bonds is 7. The van der Waals surface area contributed by atoms with E-state index in [1.807, 2.05) is 72.8 Å². The third-order valence-electron chi connectivity index (χ3n) is 13.0. The van der Waals surface area contributed by atoms with Crippen molar-refractivity contribution in [3.05, 3.63) is 241 Å². The van der Waals surface area contributed by atoms with Crippen molar-refractivity contribution in [2.24, 2.45) is 0 Å². The van der Waals surface area contributed by atoms with Gasteiger partial charge in [0, 0.05) is 21.5 Å². The van der Waals surface area contributed by atoms with Gasteiger partial charge >= 0.3 is 0 Å². The molecule has 10 aromatic carbocycles. The van der Waals surface area contributed by atoms with Gasteiger partial charge in [0.05, 0.1) is 33.4 Å². The first kappa shape index (κ1) is 39.7. The van der Waals surface area contributed by atoms with E-state index in [1.165, 1.54) is 0 Å². The van der Waals surface area contributed by atoms with Crippen LogP contribution < -0.4 is 0 Å². The molecule has 0 N–H and O–H groups in total. The van der Waals surface area contributed by atoms with E-state index in [4.69, 9.17) is 0 Å². The Morgan fingerprint density at radius 3 is 0.866 bits per heavy atom. The minimum absolute atomic E-state index is 0.125. The predicted octanol–water partition coefficient (Wildman–Crippen LogP) is 16.5. The van der Waals surface area contributed by atoms with Gasteiger partial charge in [0.2, 0.25) is 0 Å². The summed E-state index contributed by atoms with van der Waals surface area (Å²) in [4.78, 5) is 0. The van der Waals surface area contributed by atoms with Crippen molar-refractivity contribution in [3.8, 4) is 73.1 Å². The topological polar surface area (TPSA) is 33.6 Å². The molecule has 6 heteroatoms. The molecule has 316 valence electrons. The lowest BCUT2D eigenvalue weighted by atomic mass is 9.99. The van der Waals surface area contributed by atoms with Crippen molar-refractivity contribution in [2.75, 3.05) is 0 Å². The molecule has 3 nitrogen and oxygen atoms in total. The Bertz CT molecular complexity index is 3500. The van der Waals surface area contributed by atoms with Crippen LogP contribution in [-0.4, -0.2) is 9.13 Å². The molecule has 2 heterocycles. The molecule has 67 heavy (non-hydrogen) atoms. The van der Waals surface area contributed by atoms with Crippen LogP contribution in [0, 0.1) is 28.8 Å². The van der Waals surface area contributed by atoms with Gasteiger partial charge in [0.15, 0.2) is 17.5 Å². The second-order valence-electron chi connectivity index (χ2n) is 16.8. The number of hydrogen-bond acceptors (Lipinski definition) is 1. The van der Waals surface area contributed by atoms with E-state index in [2.05, 4.69) is 137 Å². The van der Waals surface area contributed by atoms with Gasteiger partial charge in [-0.2, -0.15) is 5.26 Å². The highest BCUT2D eigenvalue weighted by Gasteiger charge is 2.25. The number of hydrogen-bond donors (Lipinski definition) is 0. The summed E-state index contributed by atoms with van der Waals surface area (Å²) in [6.45, 7) is 0. The van der Waals surface area contributed by atoms with Gasteiger partial charge < -0.3 is 9.13 Å². The molecule has 0 aliphatic heterocycles. The smallest absolute Gasteiger partial charge is 0.194 e. The van der Waals surface area contributed by atoms with Crippen LogP contribution in [0.25, 0.3) is 111 Å². The zero-order chi connectivity index (χ0) is 45.2. The summed E-state index contributed by atoms with van der Waals surface area (Å²) in [6.07, 6.45) is 0. The summed E-state index contributed by atoms with van der Waals surface area (Å²) in [5.74, 6) is -4.16. The molecule has 0 atom stereocenters. The highest BCUT2D eigenvalue weighted by atomic mass is 19.2. The Morgan fingerprint density at radius 2 is 0.582 bits per heavy atom. The fourth-order valence-electron chi connectivity index (χ4n) is 9.77. The number of aromatic nitrogens is 2. The van der Waals surface area contributed by atoms with Crippen LogP contribution in [0.1, 0.15) is 5.56 Å². The first-order valence-electron chi connectivity index (χ1n) is 22.0. The van der Waals surface area contributed by atoms with Gasteiger partial charge in [-0.3, -0.25) is 0 Å². The van der Waals surface area contributed by atoms with Gasteiger partial charge in [0.25, 0.3) is 0 Å². The van der Waals surface area contributed by atoms with Gasteiger partial charge in [-0.15, -0.1) is 0 Å². The van der Waals surface area contributed by atoms with Crippen LogP contribution in [0.4, 0.5) is 13.2 Å². The van der Waals surface area contributed by atoms with Crippen LogP contribution in [0.3, 0.4) is 0 Å². The van der Waals surface area contributed by atoms with Crippen LogP contribution in [-0.2, 0) is 0 Å². The van der Waals surface area contributed by atoms with Crippen molar-refractivity contribution in [1.29, 1.82) is 5.26 Å². The fraction of sp³-hybridized carbons (Fsp3) is 0. The van der Waals surface area contributed by atoms with Crippen LogP contribution in [0.15, 0.2) is 218 Å². The van der Waals surface area contributed by atoms with Crippen LogP contribution in [0.5, 0.6) is 0 Å². The second kappa shape index (κ2) is 16.0. The van der Waals surface area contributed by atoms with Crippen molar-refractivity contribution in [1.82, 2.24) is 9.13 Å². The molecule has 12 aromatic rings. The van der Waals surface area contributed by atoms with Crippen LogP contribution >= 0.6 is 0 Å². The molecule has 0 aliphatic carbocycles. The summed E-state index contributed by atoms with van der Waals surface area (Å²) >= 11 is 0. The quantitative estimate of drug-likeness (QED) is 0.147. The maximum Gasteiger partial charge on any atom is 0.194 e. The monoisotopic (exact) mass is 867 g/mol. The van der Waals surface area contributed by atoms with Crippen molar-refractivity contribution >= 4 is 43.6 Å². The van der Waals surface area contributed by atoms with Crippen LogP contribution in [0.2, 0.25) is 0 Å². The van der Waals surface area contributed by atoms with Crippen molar-refractivity contribution in [3.63, 3.8) is 0 Å². The maximum atomic E-state index is 15.3. The van der Waals surface area contributed by atoms with Gasteiger partial charge in [0.1, 0.15) is 11.6 Å². The van der Waals surface area contributed by atoms with E-state index in [-0.39, 0.29) is 5.56 Å². The summed E-state index contributed by atoms with van der Waals surface area (Å²) in [7, 11) is 0. The SMILES string of the molecule is N#Cc1c(-n2c3ccc(-c4ccccc4)cc3c3cc(-c4ccccc4)ccc32)cc(-c2cc(F)c(F)c(F)c2)cc1-n1c2ccc(-c3ccccc3)cc2c2cc(-c3ccccc3)ccc21. The first-order chi connectivity index (χ1) is 32.9. The molecule has 0 fully saturated rings. The number of fused-ring (bicyclic) bond motifs is 6. The Labute approximate surface area is 384 Å². The molecule has 0 unspecified atom stereocenters. The molecule has 0 aliphatic rings. The summed E-state index contributed by atoms with van der Waals surface area (Å²) < 4.78 is 49.4. The molecule has 0 saturated heterocycles. The van der Waals surface area contributed by atoms with Crippen molar-refractivity contribution in [2.45, 2.75) is 0 Å². The molecular weight excluding hydrogens is 832 g/mol. The lowest BCUT2D eigenvalue weighted by Crippen LogP contribution is -2.05. The lowest BCUT2D eigenvalue weighted by Gasteiger charge is -2.19. The second-order valence-corrected chi connectivity index (χ2v) is 16.8. The normalized spacial score (nSPS) is 11.5.